The van der Waals surface area contributed by atoms with E-state index in [1.54, 1.807) is 22.9 Å². The molecule has 0 bridgehead atoms. The Kier molecular flexibility index (Phi) is 4.44. The summed E-state index contributed by atoms with van der Waals surface area (Å²) in [5.74, 6) is 0.520. The molecule has 4 aromatic rings. The zero-order valence-corrected chi connectivity index (χ0v) is 14.9. The summed E-state index contributed by atoms with van der Waals surface area (Å²) in [6.07, 6.45) is 1.77. The largest absolute Gasteiger partial charge is 0.508 e. The highest BCUT2D eigenvalue weighted by atomic mass is 16.4. The molecule has 0 unspecified atom stereocenters. The van der Waals surface area contributed by atoms with Crippen molar-refractivity contribution in [1.29, 1.82) is 0 Å². The second-order valence-corrected chi connectivity index (χ2v) is 6.42. The van der Waals surface area contributed by atoms with Gasteiger partial charge in [0.25, 0.3) is 0 Å². The van der Waals surface area contributed by atoms with Crippen LogP contribution in [0.3, 0.4) is 0 Å². The molecule has 0 saturated carbocycles. The molecule has 1 aromatic carbocycles. The quantitative estimate of drug-likeness (QED) is 0.321. The summed E-state index contributed by atoms with van der Waals surface area (Å²) in [7, 11) is 0. The molecule has 10 nitrogen and oxygen atoms in total. The number of nitrogens with one attached hydrogen (secondary N) is 2. The van der Waals surface area contributed by atoms with E-state index in [9.17, 15) is 9.90 Å². The highest BCUT2D eigenvalue weighted by Gasteiger charge is 2.18. The molecule has 144 valence electrons. The normalized spacial score (nSPS) is 11.3. The van der Waals surface area contributed by atoms with Crippen LogP contribution in [-0.2, 0) is 6.54 Å². The summed E-state index contributed by atoms with van der Waals surface area (Å²) in [5.41, 5.74) is 8.97. The van der Waals surface area contributed by atoms with Gasteiger partial charge in [-0.3, -0.25) is 0 Å². The molecule has 0 aliphatic carbocycles. The maximum absolute atomic E-state index is 10.5. The number of nitrogen functional groups attached to an aromatic ring is 1. The standard InChI is InChI=1S/C18H19N7O3/c19-16-14-15(13-8-10-7-11(26)3-4-12(10)23-13)24-25(17(14)22-9-21-16)6-2-1-5-20-18(27)28/h3-4,7-9,20,23,26H,1-2,5-6H2,(H,27,28)(H2,19,21,22). The molecule has 6 N–H and O–H groups in total. The number of anilines is 1. The van der Waals surface area contributed by atoms with E-state index in [1.807, 2.05) is 6.07 Å². The number of aromatic amines is 1. The van der Waals surface area contributed by atoms with Crippen LogP contribution in [0.15, 0.2) is 30.6 Å². The Hall–Kier alpha value is -3.82. The molecule has 0 radical (unpaired) electrons. The molecule has 3 heterocycles. The zero-order chi connectivity index (χ0) is 19.7. The maximum Gasteiger partial charge on any atom is 0.404 e. The number of carbonyl (C=O) groups is 1. The van der Waals surface area contributed by atoms with Crippen LogP contribution >= 0.6 is 0 Å². The molecule has 0 aliphatic heterocycles. The lowest BCUT2D eigenvalue weighted by atomic mass is 10.2. The van der Waals surface area contributed by atoms with Gasteiger partial charge in [0.15, 0.2) is 5.65 Å². The van der Waals surface area contributed by atoms with Gasteiger partial charge in [-0.25, -0.2) is 19.4 Å². The Labute approximate surface area is 159 Å². The van der Waals surface area contributed by atoms with Gasteiger partial charge in [-0.15, -0.1) is 0 Å². The summed E-state index contributed by atoms with van der Waals surface area (Å²) in [5, 5.41) is 26.8. The molecule has 0 saturated heterocycles. The molecule has 10 heteroatoms. The summed E-state index contributed by atoms with van der Waals surface area (Å²) in [6.45, 7) is 0.944. The number of phenolic OH excluding ortho intramolecular Hbond substituents is 1. The number of hydrogen-bond donors (Lipinski definition) is 5. The summed E-state index contributed by atoms with van der Waals surface area (Å²) < 4.78 is 1.76. The second kappa shape index (κ2) is 7.06. The number of nitrogens with two attached hydrogens (primary N) is 1. The van der Waals surface area contributed by atoms with E-state index in [0.717, 1.165) is 23.0 Å². The number of aromatic nitrogens is 5. The summed E-state index contributed by atoms with van der Waals surface area (Å²) in [6, 6.07) is 6.97. The van der Waals surface area contributed by atoms with Crippen LogP contribution < -0.4 is 11.1 Å². The average molecular weight is 381 g/mol. The zero-order valence-electron chi connectivity index (χ0n) is 14.9. The highest BCUT2D eigenvalue weighted by molar-refractivity contribution is 5.99. The fourth-order valence-corrected chi connectivity index (χ4v) is 3.20. The van der Waals surface area contributed by atoms with Crippen molar-refractivity contribution < 1.29 is 15.0 Å². The first-order chi connectivity index (χ1) is 13.5. The van der Waals surface area contributed by atoms with Crippen LogP contribution in [0.25, 0.3) is 33.3 Å². The first-order valence-corrected chi connectivity index (χ1v) is 8.79. The van der Waals surface area contributed by atoms with E-state index in [1.165, 1.54) is 6.33 Å². The molecule has 0 spiro atoms. The number of H-pyrrole nitrogens is 1. The number of fused-ring (bicyclic) bond motifs is 2. The minimum atomic E-state index is -1.03. The van der Waals surface area contributed by atoms with Crippen LogP contribution in [0, 0.1) is 0 Å². The van der Waals surface area contributed by atoms with Gasteiger partial charge in [0.05, 0.1) is 11.1 Å². The van der Waals surface area contributed by atoms with Gasteiger partial charge < -0.3 is 26.2 Å². The van der Waals surface area contributed by atoms with Crippen molar-refractivity contribution >= 4 is 33.8 Å². The van der Waals surface area contributed by atoms with Crippen molar-refractivity contribution in [3.05, 3.63) is 30.6 Å². The van der Waals surface area contributed by atoms with Crippen molar-refractivity contribution in [1.82, 2.24) is 30.0 Å². The Morgan fingerprint density at radius 1 is 1.25 bits per heavy atom. The van der Waals surface area contributed by atoms with Gasteiger partial charge in [0, 0.05) is 24.0 Å². The molecule has 1 amide bonds. The number of aromatic hydroxyl groups is 1. The average Bonchev–Trinajstić information content (AvgIpc) is 3.23. The van der Waals surface area contributed by atoms with Crippen molar-refractivity contribution in [3.8, 4) is 17.1 Å². The van der Waals surface area contributed by atoms with Crippen LogP contribution in [0.1, 0.15) is 12.8 Å². The SMILES string of the molecule is Nc1ncnc2c1c(-c1cc3cc(O)ccc3[nH]1)nn2CCCCNC(=O)O. The van der Waals surface area contributed by atoms with Crippen molar-refractivity contribution in [2.45, 2.75) is 19.4 Å². The maximum atomic E-state index is 10.5. The molecule has 3 aromatic heterocycles. The van der Waals surface area contributed by atoms with Crippen LogP contribution in [0.4, 0.5) is 10.6 Å². The van der Waals surface area contributed by atoms with Crippen LogP contribution in [-0.4, -0.2) is 47.6 Å². The number of carboxylic acid groups (broad SMARTS) is 1. The van der Waals surface area contributed by atoms with E-state index in [-0.39, 0.29) is 5.75 Å². The molecule has 0 aliphatic rings. The molecular formula is C18H19N7O3. The first kappa shape index (κ1) is 17.6. The van der Waals surface area contributed by atoms with Gasteiger partial charge in [-0.05, 0) is 37.1 Å². The van der Waals surface area contributed by atoms with Gasteiger partial charge >= 0.3 is 6.09 Å². The van der Waals surface area contributed by atoms with E-state index in [2.05, 4.69) is 25.4 Å². The molecule has 4 rings (SSSR count). The number of hydrogen-bond acceptors (Lipinski definition) is 6. The number of amides is 1. The molecule has 28 heavy (non-hydrogen) atoms. The third-order valence-corrected chi connectivity index (χ3v) is 4.49. The van der Waals surface area contributed by atoms with Crippen molar-refractivity contribution in [2.24, 2.45) is 0 Å². The lowest BCUT2D eigenvalue weighted by Crippen LogP contribution is -2.22. The smallest absolute Gasteiger partial charge is 0.404 e. The number of rotatable bonds is 6. The van der Waals surface area contributed by atoms with Crippen molar-refractivity contribution in [3.63, 3.8) is 0 Å². The Bertz CT molecular complexity index is 1160. The lowest BCUT2D eigenvalue weighted by molar-refractivity contribution is 0.194. The topological polar surface area (TPSA) is 155 Å². The lowest BCUT2D eigenvalue weighted by Gasteiger charge is -2.03. The fourth-order valence-electron chi connectivity index (χ4n) is 3.20. The summed E-state index contributed by atoms with van der Waals surface area (Å²) >= 11 is 0. The van der Waals surface area contributed by atoms with Crippen LogP contribution in [0.2, 0.25) is 0 Å². The fraction of sp³-hybridized carbons (Fsp3) is 0.222. The van der Waals surface area contributed by atoms with Gasteiger partial charge in [0.1, 0.15) is 23.6 Å². The monoisotopic (exact) mass is 381 g/mol. The van der Waals surface area contributed by atoms with Gasteiger partial charge in [-0.2, -0.15) is 5.10 Å². The Balaban J connectivity index is 1.68. The molecule has 0 atom stereocenters. The minimum Gasteiger partial charge on any atom is -0.508 e. The van der Waals surface area contributed by atoms with Gasteiger partial charge in [-0.1, -0.05) is 0 Å². The predicted molar refractivity (Wildman–Crippen MR) is 104 cm³/mol. The van der Waals surface area contributed by atoms with E-state index < -0.39 is 6.09 Å². The van der Waals surface area contributed by atoms with Gasteiger partial charge in [0.2, 0.25) is 0 Å². The molecular weight excluding hydrogens is 362 g/mol. The predicted octanol–water partition coefficient (Wildman–Crippen LogP) is 2.31. The van der Waals surface area contributed by atoms with E-state index >= 15 is 0 Å². The summed E-state index contributed by atoms with van der Waals surface area (Å²) in [4.78, 5) is 22.2. The minimum absolute atomic E-state index is 0.186. The number of aryl methyl sites for hydroxylation is 1. The number of unbranched alkanes of at least 4 members (excludes halogenated alkanes) is 1. The molecule has 0 fully saturated rings. The number of nitrogens with zero attached hydrogens (tertiary/aromatic N) is 4. The van der Waals surface area contributed by atoms with Crippen LogP contribution in [0.5, 0.6) is 5.75 Å². The number of benzene rings is 1. The third kappa shape index (κ3) is 3.27. The second-order valence-electron chi connectivity index (χ2n) is 6.42. The van der Waals surface area contributed by atoms with E-state index in [0.29, 0.717) is 42.1 Å². The number of phenols is 1. The first-order valence-electron chi connectivity index (χ1n) is 8.79. The Morgan fingerprint density at radius 3 is 2.93 bits per heavy atom. The van der Waals surface area contributed by atoms with Crippen molar-refractivity contribution in [2.75, 3.05) is 12.3 Å². The van der Waals surface area contributed by atoms with E-state index in [4.69, 9.17) is 10.8 Å². The third-order valence-electron chi connectivity index (χ3n) is 4.49. The highest BCUT2D eigenvalue weighted by Crippen LogP contribution is 2.32. The Morgan fingerprint density at radius 2 is 2.11 bits per heavy atom.